The molecule has 0 atom stereocenters. The maximum atomic E-state index is 11.5. The molecule has 144 valence electrons. The molecule has 0 aromatic rings. The third-order valence-corrected chi connectivity index (χ3v) is 5.96. The molecule has 1 rings (SSSR count). The number of hydrogen-bond donors (Lipinski definition) is 2. The highest BCUT2D eigenvalue weighted by Gasteiger charge is 2.24. The van der Waals surface area contributed by atoms with E-state index in [2.05, 4.69) is 28.8 Å². The molecule has 0 spiro atoms. The molecule has 0 aliphatic carbocycles. The number of guanidine groups is 1. The van der Waals surface area contributed by atoms with Crippen molar-refractivity contribution in [2.24, 2.45) is 10.9 Å². The van der Waals surface area contributed by atoms with Crippen LogP contribution in [0.3, 0.4) is 0 Å². The van der Waals surface area contributed by atoms with Crippen LogP contribution in [0.1, 0.15) is 32.6 Å². The van der Waals surface area contributed by atoms with Crippen LogP contribution >= 0.6 is 35.7 Å². The smallest absolute Gasteiger partial charge is 0.211 e. The van der Waals surface area contributed by atoms with Gasteiger partial charge in [0.1, 0.15) is 0 Å². The number of aliphatic imine (C=N–C) groups is 1. The van der Waals surface area contributed by atoms with E-state index in [0.717, 1.165) is 44.9 Å². The highest BCUT2D eigenvalue weighted by atomic mass is 127. The van der Waals surface area contributed by atoms with Crippen molar-refractivity contribution in [1.82, 2.24) is 14.9 Å². The molecule has 0 aromatic carbocycles. The summed E-state index contributed by atoms with van der Waals surface area (Å²) in [5.41, 5.74) is 0. The maximum absolute atomic E-state index is 11.5. The quantitative estimate of drug-likeness (QED) is 0.223. The molecule has 1 aliphatic heterocycles. The lowest BCUT2D eigenvalue weighted by Crippen LogP contribution is -2.40. The number of hydrogen-bond acceptors (Lipinski definition) is 4. The van der Waals surface area contributed by atoms with Gasteiger partial charge in [0, 0.05) is 32.7 Å². The van der Waals surface area contributed by atoms with Gasteiger partial charge in [0.2, 0.25) is 10.0 Å². The minimum Gasteiger partial charge on any atom is -0.357 e. The molecule has 0 aromatic heterocycles. The van der Waals surface area contributed by atoms with Crippen LogP contribution in [-0.2, 0) is 10.0 Å². The molecule has 6 nitrogen and oxygen atoms in total. The summed E-state index contributed by atoms with van der Waals surface area (Å²) in [4.78, 5) is 4.66. The van der Waals surface area contributed by atoms with Crippen LogP contribution in [0.2, 0.25) is 0 Å². The molecule has 0 saturated carbocycles. The van der Waals surface area contributed by atoms with Crippen molar-refractivity contribution in [2.75, 3.05) is 51.0 Å². The summed E-state index contributed by atoms with van der Waals surface area (Å²) in [6, 6.07) is 0. The minimum absolute atomic E-state index is 0. The first kappa shape index (κ1) is 24.3. The Balaban J connectivity index is 0.00000529. The van der Waals surface area contributed by atoms with Gasteiger partial charge in [-0.05, 0) is 50.5 Å². The lowest BCUT2D eigenvalue weighted by atomic mass is 9.98. The minimum atomic E-state index is -3.04. The van der Waals surface area contributed by atoms with Gasteiger partial charge in [0.05, 0.1) is 6.26 Å². The first-order valence-corrected chi connectivity index (χ1v) is 11.7. The van der Waals surface area contributed by atoms with E-state index in [1.54, 1.807) is 4.31 Å². The van der Waals surface area contributed by atoms with E-state index >= 15 is 0 Å². The molecule has 9 heteroatoms. The molecule has 0 bridgehead atoms. The first-order valence-electron chi connectivity index (χ1n) is 8.43. The van der Waals surface area contributed by atoms with E-state index in [1.165, 1.54) is 18.4 Å². The summed E-state index contributed by atoms with van der Waals surface area (Å²) in [7, 11) is -3.04. The van der Waals surface area contributed by atoms with Crippen molar-refractivity contribution in [2.45, 2.75) is 32.6 Å². The monoisotopic (exact) mass is 492 g/mol. The zero-order valence-electron chi connectivity index (χ0n) is 15.1. The molecule has 1 heterocycles. The molecule has 1 saturated heterocycles. The average molecular weight is 492 g/mol. The number of thioether (sulfide) groups is 1. The zero-order chi connectivity index (χ0) is 17.1. The molecular formula is C15H33IN4O2S2. The maximum Gasteiger partial charge on any atom is 0.211 e. The van der Waals surface area contributed by atoms with Gasteiger partial charge >= 0.3 is 0 Å². The number of nitrogens with one attached hydrogen (secondary N) is 2. The predicted molar refractivity (Wildman–Crippen MR) is 116 cm³/mol. The van der Waals surface area contributed by atoms with Crippen LogP contribution in [0.15, 0.2) is 4.99 Å². The second kappa shape index (κ2) is 13.5. The Morgan fingerprint density at radius 3 is 2.46 bits per heavy atom. The van der Waals surface area contributed by atoms with Crippen LogP contribution in [-0.4, -0.2) is 69.7 Å². The standard InChI is InChI=1S/C15H32N4O2S2.HI/c1-4-16-15(17-9-5-6-12-22-2)18-13-14-7-10-19(11-8-14)23(3,20)21;/h14H,4-13H2,1-3H3,(H2,16,17,18);1H. The third-order valence-electron chi connectivity index (χ3n) is 3.96. The summed E-state index contributed by atoms with van der Waals surface area (Å²) in [6.07, 6.45) is 7.58. The van der Waals surface area contributed by atoms with E-state index < -0.39 is 10.0 Å². The van der Waals surface area contributed by atoms with Gasteiger partial charge in [-0.25, -0.2) is 12.7 Å². The average Bonchev–Trinajstić information content (AvgIpc) is 2.52. The second-order valence-corrected chi connectivity index (χ2v) is 8.92. The number of nitrogens with zero attached hydrogens (tertiary/aromatic N) is 2. The SMILES string of the molecule is CCNC(=NCC1CCN(S(C)(=O)=O)CC1)NCCCCSC.I. The summed E-state index contributed by atoms with van der Waals surface area (Å²) >= 11 is 1.88. The lowest BCUT2D eigenvalue weighted by Gasteiger charge is -2.29. The Hall–Kier alpha value is 0.260. The van der Waals surface area contributed by atoms with Crippen molar-refractivity contribution in [1.29, 1.82) is 0 Å². The first-order chi connectivity index (χ1) is 11.0. The number of halogens is 1. The van der Waals surface area contributed by atoms with Crippen LogP contribution in [0, 0.1) is 5.92 Å². The topological polar surface area (TPSA) is 73.8 Å². The number of sulfonamides is 1. The zero-order valence-corrected chi connectivity index (χ0v) is 19.0. The molecule has 0 radical (unpaired) electrons. The Labute approximate surface area is 169 Å². The van der Waals surface area contributed by atoms with Gasteiger partial charge in [-0.1, -0.05) is 0 Å². The largest absolute Gasteiger partial charge is 0.357 e. The summed E-state index contributed by atoms with van der Waals surface area (Å²) in [5.74, 6) is 2.55. The summed E-state index contributed by atoms with van der Waals surface area (Å²) < 4.78 is 24.6. The molecule has 2 N–H and O–H groups in total. The van der Waals surface area contributed by atoms with E-state index in [0.29, 0.717) is 19.0 Å². The molecule has 24 heavy (non-hydrogen) atoms. The number of piperidine rings is 1. The Kier molecular flexibility index (Phi) is 13.6. The number of rotatable bonds is 9. The Morgan fingerprint density at radius 1 is 1.25 bits per heavy atom. The fourth-order valence-corrected chi connectivity index (χ4v) is 3.93. The van der Waals surface area contributed by atoms with Gasteiger partial charge in [0.15, 0.2) is 5.96 Å². The summed E-state index contributed by atoms with van der Waals surface area (Å²) in [6.45, 7) is 5.87. The second-order valence-electron chi connectivity index (χ2n) is 5.95. The fourth-order valence-electron chi connectivity index (χ4n) is 2.56. The van der Waals surface area contributed by atoms with Crippen molar-refractivity contribution < 1.29 is 8.42 Å². The highest BCUT2D eigenvalue weighted by molar-refractivity contribution is 14.0. The van der Waals surface area contributed by atoms with Gasteiger partial charge in [0.25, 0.3) is 0 Å². The van der Waals surface area contributed by atoms with Crippen LogP contribution in [0.5, 0.6) is 0 Å². The Morgan fingerprint density at radius 2 is 1.92 bits per heavy atom. The number of unbranched alkanes of at least 4 members (excludes halogenated alkanes) is 1. The van der Waals surface area contributed by atoms with Gasteiger partial charge in [-0.2, -0.15) is 11.8 Å². The molecule has 0 unspecified atom stereocenters. The van der Waals surface area contributed by atoms with Crippen molar-refractivity contribution in [3.8, 4) is 0 Å². The molecule has 1 fully saturated rings. The van der Waals surface area contributed by atoms with E-state index in [4.69, 9.17) is 0 Å². The third kappa shape index (κ3) is 10.3. The van der Waals surface area contributed by atoms with Gasteiger partial charge in [-0.15, -0.1) is 24.0 Å². The van der Waals surface area contributed by atoms with Crippen LogP contribution < -0.4 is 10.6 Å². The van der Waals surface area contributed by atoms with Crippen LogP contribution in [0.4, 0.5) is 0 Å². The molecular weight excluding hydrogens is 459 g/mol. The summed E-state index contributed by atoms with van der Waals surface area (Å²) in [5, 5.41) is 6.65. The van der Waals surface area contributed by atoms with Crippen molar-refractivity contribution in [3.05, 3.63) is 0 Å². The highest BCUT2D eigenvalue weighted by Crippen LogP contribution is 2.19. The van der Waals surface area contributed by atoms with E-state index in [9.17, 15) is 8.42 Å². The molecule has 1 aliphatic rings. The van der Waals surface area contributed by atoms with Crippen molar-refractivity contribution >= 4 is 51.7 Å². The predicted octanol–water partition coefficient (Wildman–Crippen LogP) is 1.97. The van der Waals surface area contributed by atoms with Gasteiger partial charge < -0.3 is 10.6 Å². The van der Waals surface area contributed by atoms with Crippen molar-refractivity contribution in [3.63, 3.8) is 0 Å². The fraction of sp³-hybridized carbons (Fsp3) is 0.933. The van der Waals surface area contributed by atoms with Crippen LogP contribution in [0.25, 0.3) is 0 Å². The normalized spacial score (nSPS) is 17.4. The lowest BCUT2D eigenvalue weighted by molar-refractivity contribution is 0.280. The van der Waals surface area contributed by atoms with E-state index in [-0.39, 0.29) is 24.0 Å². The molecule has 0 amide bonds. The Bertz CT molecular complexity index is 452. The van der Waals surface area contributed by atoms with E-state index in [1.807, 2.05) is 11.8 Å². The van der Waals surface area contributed by atoms with Gasteiger partial charge in [-0.3, -0.25) is 4.99 Å².